The lowest BCUT2D eigenvalue weighted by Crippen LogP contribution is -2.13. The van der Waals surface area contributed by atoms with Crippen LogP contribution in [0.4, 0.5) is 5.82 Å². The Hall–Kier alpha value is -0.430. The Kier molecular flexibility index (Phi) is 4.77. The third-order valence-electron chi connectivity index (χ3n) is 3.60. The van der Waals surface area contributed by atoms with E-state index in [0.717, 1.165) is 21.5 Å². The number of halogens is 1. The molecular weight excluding hydrogens is 341 g/mol. The highest BCUT2D eigenvalue weighted by Gasteiger charge is 2.24. The van der Waals surface area contributed by atoms with Gasteiger partial charge >= 0.3 is 0 Å². The van der Waals surface area contributed by atoms with E-state index in [1.165, 1.54) is 25.7 Å². The summed E-state index contributed by atoms with van der Waals surface area (Å²) in [5.74, 6) is 1.88. The maximum atomic E-state index is 6.02. The molecule has 0 bridgehead atoms. The minimum absolute atomic E-state index is 0.0514. The quantitative estimate of drug-likeness (QED) is 0.835. The molecule has 1 atom stereocenters. The van der Waals surface area contributed by atoms with Gasteiger partial charge in [-0.15, -0.1) is 0 Å². The highest BCUT2D eigenvalue weighted by Crippen LogP contribution is 2.37. The molecule has 1 fully saturated rings. The first kappa shape index (κ1) is 14.0. The molecule has 1 heterocycles. The van der Waals surface area contributed by atoms with Gasteiger partial charge in [0.1, 0.15) is 11.9 Å². The molecule has 0 spiro atoms. The first-order valence-electron chi connectivity index (χ1n) is 6.53. The number of methoxy groups -OCH3 is 1. The van der Waals surface area contributed by atoms with Crippen molar-refractivity contribution in [1.29, 1.82) is 0 Å². The fourth-order valence-electron chi connectivity index (χ4n) is 2.57. The summed E-state index contributed by atoms with van der Waals surface area (Å²) in [5, 5.41) is 0. The van der Waals surface area contributed by atoms with Crippen LogP contribution in [-0.2, 0) is 4.74 Å². The molecule has 0 radical (unpaired) electrons. The molecule has 100 valence electrons. The SMILES string of the molecule is CCC(OC)c1nc(N)c(I)c(C2CCCC2)n1. The fourth-order valence-corrected chi connectivity index (χ4v) is 3.25. The van der Waals surface area contributed by atoms with Gasteiger partial charge in [-0.3, -0.25) is 0 Å². The molecule has 1 saturated carbocycles. The Morgan fingerprint density at radius 2 is 2.06 bits per heavy atom. The van der Waals surface area contributed by atoms with E-state index in [-0.39, 0.29) is 6.10 Å². The van der Waals surface area contributed by atoms with E-state index in [1.807, 2.05) is 0 Å². The monoisotopic (exact) mass is 361 g/mol. The van der Waals surface area contributed by atoms with Crippen molar-refractivity contribution in [3.63, 3.8) is 0 Å². The number of nitrogen functional groups attached to an aromatic ring is 1. The largest absolute Gasteiger partial charge is 0.383 e. The maximum Gasteiger partial charge on any atom is 0.159 e. The van der Waals surface area contributed by atoms with E-state index >= 15 is 0 Å². The minimum atomic E-state index is -0.0514. The molecule has 0 aliphatic heterocycles. The third-order valence-corrected chi connectivity index (χ3v) is 4.71. The number of nitrogens with zero attached hydrogens (tertiary/aromatic N) is 2. The van der Waals surface area contributed by atoms with Crippen LogP contribution in [0.15, 0.2) is 0 Å². The van der Waals surface area contributed by atoms with Gasteiger partial charge in [0.05, 0.1) is 9.26 Å². The van der Waals surface area contributed by atoms with Crippen molar-refractivity contribution < 1.29 is 4.74 Å². The van der Waals surface area contributed by atoms with Crippen LogP contribution in [0.25, 0.3) is 0 Å². The summed E-state index contributed by atoms with van der Waals surface area (Å²) in [5.41, 5.74) is 7.15. The first-order chi connectivity index (χ1) is 8.67. The van der Waals surface area contributed by atoms with Crippen LogP contribution in [0.2, 0.25) is 0 Å². The summed E-state index contributed by atoms with van der Waals surface area (Å²) >= 11 is 2.27. The van der Waals surface area contributed by atoms with Gasteiger partial charge in [0, 0.05) is 13.0 Å². The lowest BCUT2D eigenvalue weighted by Gasteiger charge is -2.17. The lowest BCUT2D eigenvalue weighted by molar-refractivity contribution is 0.0924. The molecule has 2 N–H and O–H groups in total. The molecule has 1 aromatic rings. The Morgan fingerprint density at radius 3 is 2.61 bits per heavy atom. The number of rotatable bonds is 4. The van der Waals surface area contributed by atoms with Gasteiger partial charge in [-0.25, -0.2) is 9.97 Å². The van der Waals surface area contributed by atoms with Crippen LogP contribution in [-0.4, -0.2) is 17.1 Å². The minimum Gasteiger partial charge on any atom is -0.383 e. The maximum absolute atomic E-state index is 6.02. The summed E-state index contributed by atoms with van der Waals surface area (Å²) < 4.78 is 6.44. The molecule has 1 unspecified atom stereocenters. The van der Waals surface area contributed by atoms with Crippen LogP contribution >= 0.6 is 22.6 Å². The van der Waals surface area contributed by atoms with E-state index in [0.29, 0.717) is 11.7 Å². The highest BCUT2D eigenvalue weighted by atomic mass is 127. The van der Waals surface area contributed by atoms with Crippen molar-refractivity contribution in [3.8, 4) is 0 Å². The number of ether oxygens (including phenoxy) is 1. The molecule has 0 saturated heterocycles. The van der Waals surface area contributed by atoms with E-state index in [9.17, 15) is 0 Å². The van der Waals surface area contributed by atoms with Crippen LogP contribution in [0.1, 0.15) is 62.6 Å². The Morgan fingerprint density at radius 1 is 1.39 bits per heavy atom. The van der Waals surface area contributed by atoms with Crippen LogP contribution in [0.5, 0.6) is 0 Å². The highest BCUT2D eigenvalue weighted by molar-refractivity contribution is 14.1. The molecule has 18 heavy (non-hydrogen) atoms. The number of aromatic nitrogens is 2. The van der Waals surface area contributed by atoms with Crippen molar-refractivity contribution in [2.75, 3.05) is 12.8 Å². The van der Waals surface area contributed by atoms with Crippen molar-refractivity contribution in [2.45, 2.75) is 51.0 Å². The van der Waals surface area contributed by atoms with E-state index in [1.54, 1.807) is 7.11 Å². The van der Waals surface area contributed by atoms with Gasteiger partial charge < -0.3 is 10.5 Å². The van der Waals surface area contributed by atoms with E-state index in [4.69, 9.17) is 15.5 Å². The molecule has 5 heteroatoms. The van der Waals surface area contributed by atoms with Gasteiger partial charge in [-0.2, -0.15) is 0 Å². The van der Waals surface area contributed by atoms with E-state index in [2.05, 4.69) is 34.5 Å². The number of hydrogen-bond donors (Lipinski definition) is 1. The molecule has 0 amide bonds. The number of hydrogen-bond acceptors (Lipinski definition) is 4. The fraction of sp³-hybridized carbons (Fsp3) is 0.692. The molecule has 1 aromatic heterocycles. The second-order valence-corrected chi connectivity index (χ2v) is 5.86. The summed E-state index contributed by atoms with van der Waals surface area (Å²) in [4.78, 5) is 9.11. The summed E-state index contributed by atoms with van der Waals surface area (Å²) in [6.45, 7) is 2.07. The third kappa shape index (κ3) is 2.77. The first-order valence-corrected chi connectivity index (χ1v) is 7.60. The van der Waals surface area contributed by atoms with Crippen molar-refractivity contribution in [3.05, 3.63) is 15.1 Å². The smallest absolute Gasteiger partial charge is 0.159 e. The van der Waals surface area contributed by atoms with Gasteiger partial charge in [0.15, 0.2) is 5.82 Å². The summed E-state index contributed by atoms with van der Waals surface area (Å²) in [6, 6.07) is 0. The van der Waals surface area contributed by atoms with Gasteiger partial charge in [0.25, 0.3) is 0 Å². The molecular formula is C13H20IN3O. The Labute approximate surface area is 122 Å². The molecule has 1 aliphatic carbocycles. The predicted octanol–water partition coefficient (Wildman–Crippen LogP) is 3.42. The zero-order valence-corrected chi connectivity index (χ0v) is 13.1. The van der Waals surface area contributed by atoms with Crippen LogP contribution < -0.4 is 5.73 Å². The molecule has 0 aromatic carbocycles. The number of anilines is 1. The molecule has 2 rings (SSSR count). The Balaban J connectivity index is 2.38. The van der Waals surface area contributed by atoms with Crippen LogP contribution in [0, 0.1) is 3.57 Å². The summed E-state index contributed by atoms with van der Waals surface area (Å²) in [6.07, 6.45) is 5.83. The zero-order chi connectivity index (χ0) is 13.1. The molecule has 4 nitrogen and oxygen atoms in total. The average Bonchev–Trinajstić information content (AvgIpc) is 2.88. The van der Waals surface area contributed by atoms with Gasteiger partial charge in [-0.05, 0) is 41.9 Å². The van der Waals surface area contributed by atoms with E-state index < -0.39 is 0 Å². The second kappa shape index (κ2) is 6.14. The second-order valence-electron chi connectivity index (χ2n) is 4.78. The normalized spacial score (nSPS) is 18.2. The van der Waals surface area contributed by atoms with Crippen molar-refractivity contribution >= 4 is 28.4 Å². The lowest BCUT2D eigenvalue weighted by atomic mass is 10.0. The van der Waals surface area contributed by atoms with Gasteiger partial charge in [0.2, 0.25) is 0 Å². The summed E-state index contributed by atoms with van der Waals surface area (Å²) in [7, 11) is 1.70. The topological polar surface area (TPSA) is 61.0 Å². The van der Waals surface area contributed by atoms with Crippen molar-refractivity contribution in [2.24, 2.45) is 0 Å². The van der Waals surface area contributed by atoms with Crippen molar-refractivity contribution in [1.82, 2.24) is 9.97 Å². The van der Waals surface area contributed by atoms with Crippen LogP contribution in [0.3, 0.4) is 0 Å². The number of nitrogens with two attached hydrogens (primary N) is 1. The van der Waals surface area contributed by atoms with Gasteiger partial charge in [-0.1, -0.05) is 19.8 Å². The predicted molar refractivity (Wildman–Crippen MR) is 80.4 cm³/mol. The Bertz CT molecular complexity index is 415. The average molecular weight is 361 g/mol. The standard InChI is InChI=1S/C13H20IN3O/c1-3-9(18-2)13-16-11(8-6-4-5-7-8)10(14)12(15)17-13/h8-9H,3-7H2,1-2H3,(H2,15,16,17). The zero-order valence-electron chi connectivity index (χ0n) is 10.9. The molecule has 1 aliphatic rings.